The Morgan fingerprint density at radius 2 is 1.53 bits per heavy atom. The fourth-order valence-corrected chi connectivity index (χ4v) is 4.77. The molecule has 3 aromatic carbocycles. The molecule has 1 atom stereocenters. The van der Waals surface area contributed by atoms with Crippen molar-refractivity contribution >= 4 is 17.3 Å². The summed E-state index contributed by atoms with van der Waals surface area (Å²) in [5, 5.41) is 3.24. The number of nitrogens with one attached hydrogen (secondary N) is 1. The van der Waals surface area contributed by atoms with Crippen molar-refractivity contribution in [3.8, 4) is 0 Å². The van der Waals surface area contributed by atoms with E-state index in [9.17, 15) is 4.79 Å². The van der Waals surface area contributed by atoms with E-state index >= 15 is 0 Å². The van der Waals surface area contributed by atoms with Crippen molar-refractivity contribution in [3.05, 3.63) is 95.6 Å². The average Bonchev–Trinajstić information content (AvgIpc) is 2.85. The number of hydrogen-bond donors (Lipinski definition) is 1. The number of aryl methyl sites for hydroxylation is 1. The highest BCUT2D eigenvalue weighted by atomic mass is 16.2. The largest absolute Gasteiger partial charge is 0.369 e. The Hall–Kier alpha value is -3.31. The second-order valence-corrected chi connectivity index (χ2v) is 8.66. The number of benzene rings is 3. The number of nitrogens with zero attached hydrogens (tertiary/aromatic N) is 3. The molecule has 0 radical (unpaired) electrons. The predicted molar refractivity (Wildman–Crippen MR) is 130 cm³/mol. The number of anilines is 2. The van der Waals surface area contributed by atoms with Crippen molar-refractivity contribution in [2.24, 2.45) is 0 Å². The van der Waals surface area contributed by atoms with E-state index in [1.165, 1.54) is 5.69 Å². The van der Waals surface area contributed by atoms with Gasteiger partial charge in [-0.3, -0.25) is 9.69 Å². The molecule has 1 fully saturated rings. The molecule has 2 heterocycles. The number of piperazine rings is 1. The maximum absolute atomic E-state index is 12.9. The molecule has 0 saturated carbocycles. The van der Waals surface area contributed by atoms with Crippen LogP contribution < -0.4 is 15.1 Å². The van der Waals surface area contributed by atoms with Gasteiger partial charge in [0, 0.05) is 45.0 Å². The molecule has 3 aromatic rings. The summed E-state index contributed by atoms with van der Waals surface area (Å²) in [5.41, 5.74) is 5.32. The Labute approximate surface area is 190 Å². The van der Waals surface area contributed by atoms with Crippen molar-refractivity contribution < 1.29 is 4.79 Å². The Morgan fingerprint density at radius 1 is 0.844 bits per heavy atom. The third kappa shape index (κ3) is 4.21. The number of fused-ring (bicyclic) bond motifs is 1. The second kappa shape index (κ2) is 9.05. The van der Waals surface area contributed by atoms with Crippen LogP contribution in [0.4, 0.5) is 11.4 Å². The van der Waals surface area contributed by atoms with Gasteiger partial charge in [0.2, 0.25) is 0 Å². The zero-order valence-electron chi connectivity index (χ0n) is 18.6. The zero-order valence-corrected chi connectivity index (χ0v) is 18.6. The molecule has 0 spiro atoms. The highest BCUT2D eigenvalue weighted by molar-refractivity contribution is 6.02. The fraction of sp³-hybridized carbons (Fsp3) is 0.296. The third-order valence-electron chi connectivity index (χ3n) is 6.55. The van der Waals surface area contributed by atoms with Gasteiger partial charge in [0.15, 0.2) is 0 Å². The first kappa shape index (κ1) is 20.6. The molecule has 1 amide bonds. The lowest BCUT2D eigenvalue weighted by atomic mass is 10.0. The molecular weight excluding hydrogens is 396 g/mol. The quantitative estimate of drug-likeness (QED) is 0.668. The molecule has 2 aliphatic rings. The first-order valence-electron chi connectivity index (χ1n) is 11.4. The van der Waals surface area contributed by atoms with Crippen molar-refractivity contribution in [2.45, 2.75) is 13.1 Å². The van der Waals surface area contributed by atoms with Crippen LogP contribution in [0.25, 0.3) is 0 Å². The third-order valence-corrected chi connectivity index (χ3v) is 6.55. The standard InChI is InChI=1S/C27H30N4O/c1-21-12-13-25-24(20-21)27(32)28-26(22-8-4-2-5-9-22)31(25)19-16-29-14-17-30(18-15-29)23-10-6-3-7-11-23/h2-13,20,26H,14-19H2,1H3,(H,28,32). The summed E-state index contributed by atoms with van der Waals surface area (Å²) < 4.78 is 0. The van der Waals surface area contributed by atoms with E-state index in [2.05, 4.69) is 74.6 Å². The zero-order chi connectivity index (χ0) is 21.9. The van der Waals surface area contributed by atoms with E-state index < -0.39 is 0 Å². The van der Waals surface area contributed by atoms with E-state index in [0.717, 1.165) is 61.6 Å². The molecule has 164 valence electrons. The first-order chi connectivity index (χ1) is 15.7. The summed E-state index contributed by atoms with van der Waals surface area (Å²) >= 11 is 0. The first-order valence-corrected chi connectivity index (χ1v) is 11.4. The summed E-state index contributed by atoms with van der Waals surface area (Å²) in [6, 6.07) is 27.1. The van der Waals surface area contributed by atoms with Crippen LogP contribution in [0, 0.1) is 6.92 Å². The van der Waals surface area contributed by atoms with E-state index in [4.69, 9.17) is 0 Å². The topological polar surface area (TPSA) is 38.8 Å². The minimum atomic E-state index is -0.149. The predicted octanol–water partition coefficient (Wildman–Crippen LogP) is 4.07. The maximum atomic E-state index is 12.9. The summed E-state index contributed by atoms with van der Waals surface area (Å²) in [6.07, 6.45) is -0.149. The summed E-state index contributed by atoms with van der Waals surface area (Å²) in [7, 11) is 0. The van der Waals surface area contributed by atoms with E-state index in [0.29, 0.717) is 0 Å². The van der Waals surface area contributed by atoms with Gasteiger partial charge < -0.3 is 15.1 Å². The van der Waals surface area contributed by atoms with Crippen molar-refractivity contribution in [1.29, 1.82) is 0 Å². The van der Waals surface area contributed by atoms with Gasteiger partial charge in [0.25, 0.3) is 5.91 Å². The molecule has 1 saturated heterocycles. The number of hydrogen-bond acceptors (Lipinski definition) is 4. The molecule has 2 aliphatic heterocycles. The van der Waals surface area contributed by atoms with Gasteiger partial charge >= 0.3 is 0 Å². The van der Waals surface area contributed by atoms with Gasteiger partial charge in [-0.1, -0.05) is 60.2 Å². The van der Waals surface area contributed by atoms with E-state index in [1.807, 2.05) is 31.2 Å². The monoisotopic (exact) mass is 426 g/mol. The molecule has 0 aliphatic carbocycles. The lowest BCUT2D eigenvalue weighted by molar-refractivity contribution is 0.0925. The molecule has 0 bridgehead atoms. The van der Waals surface area contributed by atoms with Gasteiger partial charge in [0.05, 0.1) is 11.3 Å². The highest BCUT2D eigenvalue weighted by Gasteiger charge is 2.32. The maximum Gasteiger partial charge on any atom is 0.255 e. The van der Waals surface area contributed by atoms with Crippen LogP contribution in [0.1, 0.15) is 27.7 Å². The summed E-state index contributed by atoms with van der Waals surface area (Å²) in [6.45, 7) is 8.04. The normalized spacial score (nSPS) is 18.9. The minimum Gasteiger partial charge on any atom is -0.369 e. The summed E-state index contributed by atoms with van der Waals surface area (Å²) in [4.78, 5) is 20.2. The Morgan fingerprint density at radius 3 is 2.25 bits per heavy atom. The average molecular weight is 427 g/mol. The Balaban J connectivity index is 1.31. The van der Waals surface area contributed by atoms with Crippen molar-refractivity contribution in [1.82, 2.24) is 10.2 Å². The van der Waals surface area contributed by atoms with Gasteiger partial charge in [-0.15, -0.1) is 0 Å². The van der Waals surface area contributed by atoms with Crippen molar-refractivity contribution in [3.63, 3.8) is 0 Å². The van der Waals surface area contributed by atoms with Crippen LogP contribution in [0.15, 0.2) is 78.9 Å². The van der Waals surface area contributed by atoms with E-state index in [1.54, 1.807) is 0 Å². The molecule has 5 nitrogen and oxygen atoms in total. The Kier molecular flexibility index (Phi) is 5.82. The van der Waals surface area contributed by atoms with Gasteiger partial charge in [-0.2, -0.15) is 0 Å². The van der Waals surface area contributed by atoms with Gasteiger partial charge in [-0.05, 0) is 36.8 Å². The lowest BCUT2D eigenvalue weighted by Gasteiger charge is -2.42. The molecule has 1 N–H and O–H groups in total. The molecule has 1 unspecified atom stereocenters. The van der Waals surface area contributed by atoms with Crippen LogP contribution in [0.5, 0.6) is 0 Å². The molecule has 5 heteroatoms. The highest BCUT2D eigenvalue weighted by Crippen LogP contribution is 2.33. The van der Waals surface area contributed by atoms with E-state index in [-0.39, 0.29) is 12.1 Å². The number of para-hydroxylation sites is 1. The minimum absolute atomic E-state index is 0.00489. The number of rotatable bonds is 5. The van der Waals surface area contributed by atoms with Crippen LogP contribution in [0.2, 0.25) is 0 Å². The SMILES string of the molecule is Cc1ccc2c(c1)C(=O)NC(c1ccccc1)N2CCN1CCN(c2ccccc2)CC1. The number of amides is 1. The second-order valence-electron chi connectivity index (χ2n) is 8.66. The van der Waals surface area contributed by atoms with Gasteiger partial charge in [0.1, 0.15) is 6.17 Å². The van der Waals surface area contributed by atoms with Crippen LogP contribution >= 0.6 is 0 Å². The van der Waals surface area contributed by atoms with Crippen molar-refractivity contribution in [2.75, 3.05) is 49.1 Å². The fourth-order valence-electron chi connectivity index (χ4n) is 4.77. The molecule has 0 aromatic heterocycles. The van der Waals surface area contributed by atoms with Crippen LogP contribution in [0.3, 0.4) is 0 Å². The number of carbonyl (C=O) groups is 1. The molecule has 32 heavy (non-hydrogen) atoms. The lowest BCUT2D eigenvalue weighted by Crippen LogP contribution is -2.52. The van der Waals surface area contributed by atoms with Gasteiger partial charge in [-0.25, -0.2) is 0 Å². The molecule has 5 rings (SSSR count). The molecular formula is C27H30N4O. The van der Waals surface area contributed by atoms with Crippen LogP contribution in [-0.2, 0) is 0 Å². The summed E-state index contributed by atoms with van der Waals surface area (Å²) in [5.74, 6) is 0.00489. The van der Waals surface area contributed by atoms with Crippen LogP contribution in [-0.4, -0.2) is 50.1 Å². The Bertz CT molecular complexity index is 1060. The smallest absolute Gasteiger partial charge is 0.255 e. The number of carbonyl (C=O) groups excluding carboxylic acids is 1.